The van der Waals surface area contributed by atoms with Crippen LogP contribution in [-0.2, 0) is 9.59 Å². The molecule has 0 spiro atoms. The lowest BCUT2D eigenvalue weighted by atomic mass is 9.79. The summed E-state index contributed by atoms with van der Waals surface area (Å²) in [5.41, 5.74) is 0.106. The maximum absolute atomic E-state index is 12.4. The number of amidine groups is 1. The Morgan fingerprint density at radius 3 is 2.92 bits per heavy atom. The number of aliphatic carboxylic acids is 1. The SMILES string of the molecule is C[C@@H](O)[C@H]1C(=O)N2C(C(=O)O)=C(SC3CN=C4SCCN4C3)[C@H](C)[C@H]12. The summed E-state index contributed by atoms with van der Waals surface area (Å²) in [7, 11) is 0. The van der Waals surface area contributed by atoms with Crippen molar-refractivity contribution in [2.24, 2.45) is 16.8 Å². The van der Waals surface area contributed by atoms with E-state index in [9.17, 15) is 19.8 Å². The van der Waals surface area contributed by atoms with E-state index in [4.69, 9.17) is 0 Å². The van der Waals surface area contributed by atoms with Crippen molar-refractivity contribution in [1.82, 2.24) is 9.80 Å². The smallest absolute Gasteiger partial charge is 0.353 e. The quantitative estimate of drug-likeness (QED) is 0.689. The molecule has 1 amide bonds. The summed E-state index contributed by atoms with van der Waals surface area (Å²) in [6, 6.07) is -0.244. The summed E-state index contributed by atoms with van der Waals surface area (Å²) in [5.74, 6) is -0.873. The zero-order valence-electron chi connectivity index (χ0n) is 14.1. The second-order valence-electron chi connectivity index (χ2n) is 6.93. The Morgan fingerprint density at radius 1 is 1.48 bits per heavy atom. The van der Waals surface area contributed by atoms with Crippen LogP contribution in [0.2, 0.25) is 0 Å². The van der Waals surface area contributed by atoms with E-state index < -0.39 is 18.0 Å². The zero-order valence-corrected chi connectivity index (χ0v) is 15.7. The lowest BCUT2D eigenvalue weighted by Gasteiger charge is -2.46. The monoisotopic (exact) mass is 383 g/mol. The van der Waals surface area contributed by atoms with E-state index >= 15 is 0 Å². The van der Waals surface area contributed by atoms with Gasteiger partial charge in [-0.2, -0.15) is 0 Å². The first-order valence-electron chi connectivity index (χ1n) is 8.47. The molecule has 25 heavy (non-hydrogen) atoms. The Morgan fingerprint density at radius 2 is 2.24 bits per heavy atom. The van der Waals surface area contributed by atoms with Gasteiger partial charge in [0.25, 0.3) is 0 Å². The van der Waals surface area contributed by atoms with Gasteiger partial charge < -0.3 is 20.0 Å². The van der Waals surface area contributed by atoms with Gasteiger partial charge in [-0.25, -0.2) is 4.79 Å². The summed E-state index contributed by atoms with van der Waals surface area (Å²) in [4.78, 5) is 33.2. The third kappa shape index (κ3) is 2.59. The Bertz CT molecular complexity index is 693. The van der Waals surface area contributed by atoms with Crippen molar-refractivity contribution in [3.05, 3.63) is 10.6 Å². The van der Waals surface area contributed by atoms with Crippen molar-refractivity contribution in [3.63, 3.8) is 0 Å². The Hall–Kier alpha value is -1.19. The highest BCUT2D eigenvalue weighted by Gasteiger charge is 2.60. The highest BCUT2D eigenvalue weighted by molar-refractivity contribution is 8.14. The van der Waals surface area contributed by atoms with Crippen LogP contribution in [0.5, 0.6) is 0 Å². The van der Waals surface area contributed by atoms with Crippen LogP contribution in [0.1, 0.15) is 13.8 Å². The number of rotatable bonds is 4. The molecule has 4 aliphatic rings. The second-order valence-corrected chi connectivity index (χ2v) is 9.33. The second kappa shape index (κ2) is 6.21. The molecule has 4 aliphatic heterocycles. The van der Waals surface area contributed by atoms with Gasteiger partial charge in [0.1, 0.15) is 5.70 Å². The first-order chi connectivity index (χ1) is 11.9. The van der Waals surface area contributed by atoms with E-state index in [1.165, 1.54) is 4.90 Å². The van der Waals surface area contributed by atoms with Crippen LogP contribution in [0, 0.1) is 11.8 Å². The fourth-order valence-electron chi connectivity index (χ4n) is 4.17. The van der Waals surface area contributed by atoms with Gasteiger partial charge in [0.15, 0.2) is 5.17 Å². The molecule has 9 heteroatoms. The fraction of sp³-hybridized carbons (Fsp3) is 0.688. The molecule has 136 valence electrons. The largest absolute Gasteiger partial charge is 0.477 e. The molecule has 0 aliphatic carbocycles. The molecule has 0 aromatic rings. The Kier molecular flexibility index (Phi) is 4.28. The number of aliphatic imine (C=N–C) groups is 1. The van der Waals surface area contributed by atoms with E-state index in [2.05, 4.69) is 9.89 Å². The third-order valence-corrected chi connectivity index (χ3v) is 7.80. The molecular weight excluding hydrogens is 362 g/mol. The number of fused-ring (bicyclic) bond motifs is 2. The molecule has 0 saturated carbocycles. The molecule has 0 bridgehead atoms. The summed E-state index contributed by atoms with van der Waals surface area (Å²) < 4.78 is 0. The average Bonchev–Trinajstić information content (AvgIpc) is 3.09. The van der Waals surface area contributed by atoms with Gasteiger partial charge in [-0.1, -0.05) is 18.7 Å². The molecule has 4 heterocycles. The molecule has 0 radical (unpaired) electrons. The fourth-order valence-corrected chi connectivity index (χ4v) is 6.59. The summed E-state index contributed by atoms with van der Waals surface area (Å²) in [6.45, 7) is 6.07. The van der Waals surface area contributed by atoms with Gasteiger partial charge in [-0.05, 0) is 6.92 Å². The molecule has 2 N–H and O–H groups in total. The number of β-lactam (4-membered cyclic amide) rings is 1. The van der Waals surface area contributed by atoms with Crippen molar-refractivity contribution >= 4 is 40.6 Å². The zero-order chi connectivity index (χ0) is 17.9. The third-order valence-electron chi connectivity index (χ3n) is 5.32. The molecular formula is C16H21N3O4S2. The molecule has 4 rings (SSSR count). The number of hydrogen-bond acceptors (Lipinski definition) is 7. The van der Waals surface area contributed by atoms with Crippen molar-refractivity contribution in [3.8, 4) is 0 Å². The number of aliphatic hydroxyl groups is 1. The summed E-state index contributed by atoms with van der Waals surface area (Å²) >= 11 is 3.32. The minimum absolute atomic E-state index is 0.0771. The topological polar surface area (TPSA) is 93.4 Å². The molecule has 0 aromatic heterocycles. The maximum atomic E-state index is 12.4. The molecule has 2 saturated heterocycles. The van der Waals surface area contributed by atoms with Crippen molar-refractivity contribution in [1.29, 1.82) is 0 Å². The van der Waals surface area contributed by atoms with Gasteiger partial charge in [-0.3, -0.25) is 9.79 Å². The van der Waals surface area contributed by atoms with Crippen molar-refractivity contribution in [2.45, 2.75) is 31.2 Å². The molecule has 0 aromatic carbocycles. The molecule has 5 atom stereocenters. The molecule has 1 unspecified atom stereocenters. The lowest BCUT2D eigenvalue weighted by molar-refractivity contribution is -0.163. The number of hydrogen-bond donors (Lipinski definition) is 2. The minimum Gasteiger partial charge on any atom is -0.477 e. The number of amides is 1. The van der Waals surface area contributed by atoms with Crippen LogP contribution in [0.15, 0.2) is 15.6 Å². The van der Waals surface area contributed by atoms with Gasteiger partial charge in [0.2, 0.25) is 5.91 Å². The Labute approximate surface area is 154 Å². The van der Waals surface area contributed by atoms with E-state index in [1.54, 1.807) is 30.4 Å². The Balaban J connectivity index is 1.58. The van der Waals surface area contributed by atoms with Crippen LogP contribution in [-0.4, -0.2) is 79.8 Å². The highest BCUT2D eigenvalue weighted by Crippen LogP contribution is 2.51. The first kappa shape index (κ1) is 17.2. The van der Waals surface area contributed by atoms with E-state index in [-0.39, 0.29) is 28.8 Å². The number of thioether (sulfide) groups is 2. The van der Waals surface area contributed by atoms with Crippen molar-refractivity contribution < 1.29 is 19.8 Å². The maximum Gasteiger partial charge on any atom is 0.353 e. The molecule has 2 fully saturated rings. The normalized spacial score (nSPS) is 35.3. The van der Waals surface area contributed by atoms with E-state index in [0.29, 0.717) is 6.54 Å². The summed E-state index contributed by atoms with van der Waals surface area (Å²) in [5, 5.41) is 20.9. The predicted octanol–water partition coefficient (Wildman–Crippen LogP) is 0.660. The average molecular weight is 383 g/mol. The predicted molar refractivity (Wildman–Crippen MR) is 97.3 cm³/mol. The minimum atomic E-state index is -1.06. The first-order valence-corrected chi connectivity index (χ1v) is 10.3. The van der Waals surface area contributed by atoms with Gasteiger partial charge in [0, 0.05) is 34.9 Å². The number of carboxylic acid groups (broad SMARTS) is 1. The molecule has 7 nitrogen and oxygen atoms in total. The van der Waals surface area contributed by atoms with Crippen molar-refractivity contribution in [2.75, 3.05) is 25.4 Å². The van der Waals surface area contributed by atoms with Crippen LogP contribution in [0.25, 0.3) is 0 Å². The number of aliphatic hydroxyl groups excluding tert-OH is 1. The van der Waals surface area contributed by atoms with Crippen LogP contribution in [0.4, 0.5) is 0 Å². The van der Waals surface area contributed by atoms with Gasteiger partial charge >= 0.3 is 5.97 Å². The lowest BCUT2D eigenvalue weighted by Crippen LogP contribution is -2.63. The van der Waals surface area contributed by atoms with E-state index in [1.807, 2.05) is 6.92 Å². The van der Waals surface area contributed by atoms with Crippen LogP contribution >= 0.6 is 23.5 Å². The van der Waals surface area contributed by atoms with Crippen LogP contribution in [0.3, 0.4) is 0 Å². The number of carbonyl (C=O) groups excluding carboxylic acids is 1. The van der Waals surface area contributed by atoms with Gasteiger partial charge in [-0.15, -0.1) is 11.8 Å². The van der Waals surface area contributed by atoms with E-state index in [0.717, 1.165) is 28.9 Å². The highest BCUT2D eigenvalue weighted by atomic mass is 32.2. The van der Waals surface area contributed by atoms with Gasteiger partial charge in [0.05, 0.1) is 24.6 Å². The summed E-state index contributed by atoms with van der Waals surface area (Å²) in [6.07, 6.45) is -0.765. The number of carbonyl (C=O) groups is 2. The standard InChI is InChI=1S/C16H21N3O4S2/c1-7-11-10(8(2)20)14(21)19(11)12(15(22)23)13(7)25-9-5-17-16-18(6-9)3-4-24-16/h7-11,20H,3-6H2,1-2H3,(H,22,23)/t7-,8-,9?,10-,11-/m1/s1. The van der Waals surface area contributed by atoms with Crippen LogP contribution < -0.4 is 0 Å². The number of nitrogens with zero attached hydrogens (tertiary/aromatic N) is 3. The number of carboxylic acids is 1.